The van der Waals surface area contributed by atoms with Gasteiger partial charge in [0.2, 0.25) is 0 Å². The summed E-state index contributed by atoms with van der Waals surface area (Å²) in [6, 6.07) is -0.132. The van der Waals surface area contributed by atoms with Crippen LogP contribution in [0.15, 0.2) is 36.4 Å². The van der Waals surface area contributed by atoms with Gasteiger partial charge in [-0.1, -0.05) is 12.1 Å². The number of hydrogen-bond donors (Lipinski definition) is 0. The van der Waals surface area contributed by atoms with Crippen LogP contribution in [-0.4, -0.2) is 0 Å². The monoisotopic (exact) mass is 670 g/mol. The standard InChI is InChI=1S/C30H6F16/c31-13-3-9(19(35)27(43)23(13)39)7-1-2-8(10-4-14(32)24(40)28(44)20(10)36)18(12-6-16(34)26(42)30(46)22(12)38)17(7)11-5-15(33)25(41)29(45)21(11)37/h1-6H. The van der Waals surface area contributed by atoms with Gasteiger partial charge in [0, 0.05) is 33.4 Å². The van der Waals surface area contributed by atoms with Gasteiger partial charge in [0.25, 0.3) is 0 Å². The second kappa shape index (κ2) is 11.4. The summed E-state index contributed by atoms with van der Waals surface area (Å²) in [4.78, 5) is 0. The number of benzene rings is 5. The minimum atomic E-state index is -2.67. The topological polar surface area (TPSA) is 0 Å². The van der Waals surface area contributed by atoms with Gasteiger partial charge in [0.05, 0.1) is 0 Å². The van der Waals surface area contributed by atoms with Crippen LogP contribution in [0.2, 0.25) is 0 Å². The highest BCUT2D eigenvalue weighted by molar-refractivity contribution is 6.02. The number of halogens is 16. The second-order valence-corrected chi connectivity index (χ2v) is 9.30. The number of rotatable bonds is 4. The maximum absolute atomic E-state index is 15.3. The van der Waals surface area contributed by atoms with E-state index in [1.54, 1.807) is 0 Å². The molecule has 0 aromatic heterocycles. The van der Waals surface area contributed by atoms with Gasteiger partial charge in [-0.15, -0.1) is 0 Å². The Morgan fingerprint density at radius 2 is 0.435 bits per heavy atom. The van der Waals surface area contributed by atoms with Crippen LogP contribution in [0.3, 0.4) is 0 Å². The summed E-state index contributed by atoms with van der Waals surface area (Å²) in [5.74, 6) is -38.9. The first-order valence-electron chi connectivity index (χ1n) is 12.0. The van der Waals surface area contributed by atoms with Crippen LogP contribution in [0, 0.1) is 93.1 Å². The van der Waals surface area contributed by atoms with Gasteiger partial charge in [-0.2, -0.15) is 0 Å². The fourth-order valence-electron chi connectivity index (χ4n) is 4.66. The van der Waals surface area contributed by atoms with E-state index in [-0.39, 0.29) is 24.3 Å². The van der Waals surface area contributed by atoms with Crippen molar-refractivity contribution in [2.24, 2.45) is 0 Å². The molecular weight excluding hydrogens is 664 g/mol. The van der Waals surface area contributed by atoms with Crippen molar-refractivity contribution in [2.45, 2.75) is 0 Å². The summed E-state index contributed by atoms with van der Waals surface area (Å²) >= 11 is 0. The molecule has 0 aliphatic heterocycles. The van der Waals surface area contributed by atoms with Gasteiger partial charge in [-0.05, 0) is 35.4 Å². The van der Waals surface area contributed by atoms with E-state index in [4.69, 9.17) is 0 Å². The predicted octanol–water partition coefficient (Wildman–Crippen LogP) is 10.6. The molecule has 0 bridgehead atoms. The zero-order valence-corrected chi connectivity index (χ0v) is 21.5. The molecule has 238 valence electrons. The van der Waals surface area contributed by atoms with Crippen LogP contribution in [-0.2, 0) is 0 Å². The highest BCUT2D eigenvalue weighted by Crippen LogP contribution is 2.49. The molecule has 0 aliphatic rings. The van der Waals surface area contributed by atoms with E-state index in [1.807, 2.05) is 0 Å². The van der Waals surface area contributed by atoms with E-state index in [0.29, 0.717) is 12.1 Å². The molecule has 0 radical (unpaired) electrons. The van der Waals surface area contributed by atoms with Crippen molar-refractivity contribution in [2.75, 3.05) is 0 Å². The van der Waals surface area contributed by atoms with Crippen LogP contribution < -0.4 is 0 Å². The van der Waals surface area contributed by atoms with Crippen molar-refractivity contribution in [1.29, 1.82) is 0 Å². The molecule has 0 fully saturated rings. The first-order valence-corrected chi connectivity index (χ1v) is 12.0. The van der Waals surface area contributed by atoms with E-state index >= 15 is 17.6 Å². The molecule has 46 heavy (non-hydrogen) atoms. The molecule has 0 spiro atoms. The smallest absolute Gasteiger partial charge is 0.198 e. The van der Waals surface area contributed by atoms with Gasteiger partial charge >= 0.3 is 0 Å². The lowest BCUT2D eigenvalue weighted by atomic mass is 9.82. The first kappa shape index (κ1) is 32.4. The molecule has 0 saturated carbocycles. The molecule has 5 aromatic rings. The molecule has 0 atom stereocenters. The Balaban J connectivity index is 2.14. The van der Waals surface area contributed by atoms with Crippen LogP contribution in [0.1, 0.15) is 0 Å². The highest BCUT2D eigenvalue weighted by atomic mass is 19.2. The van der Waals surface area contributed by atoms with E-state index in [9.17, 15) is 52.7 Å². The molecule has 0 heterocycles. The predicted molar refractivity (Wildman–Crippen MR) is 128 cm³/mol. The second-order valence-electron chi connectivity index (χ2n) is 9.30. The van der Waals surface area contributed by atoms with Gasteiger partial charge in [0.15, 0.2) is 93.1 Å². The van der Waals surface area contributed by atoms with E-state index in [1.165, 1.54) is 0 Å². The summed E-state index contributed by atoms with van der Waals surface area (Å²) in [7, 11) is 0. The van der Waals surface area contributed by atoms with E-state index < -0.39 is 138 Å². The van der Waals surface area contributed by atoms with Crippen LogP contribution in [0.4, 0.5) is 70.2 Å². The Bertz CT molecular complexity index is 1970. The van der Waals surface area contributed by atoms with E-state index in [2.05, 4.69) is 0 Å². The van der Waals surface area contributed by atoms with Crippen molar-refractivity contribution in [3.8, 4) is 44.5 Å². The lowest BCUT2D eigenvalue weighted by Crippen LogP contribution is -2.07. The summed E-state index contributed by atoms with van der Waals surface area (Å²) in [6.45, 7) is 0. The lowest BCUT2D eigenvalue weighted by Gasteiger charge is -2.22. The van der Waals surface area contributed by atoms with Crippen molar-refractivity contribution >= 4 is 0 Å². The third-order valence-corrected chi connectivity index (χ3v) is 6.73. The Morgan fingerprint density at radius 3 is 0.696 bits per heavy atom. The fraction of sp³-hybridized carbons (Fsp3) is 0. The summed E-state index contributed by atoms with van der Waals surface area (Å²) in [6.07, 6.45) is 0. The largest absolute Gasteiger partial charge is 0.204 e. The molecule has 5 aromatic carbocycles. The Morgan fingerprint density at radius 1 is 0.217 bits per heavy atom. The maximum atomic E-state index is 15.3. The normalized spacial score (nSPS) is 11.5. The van der Waals surface area contributed by atoms with E-state index in [0.717, 1.165) is 0 Å². The van der Waals surface area contributed by atoms with Gasteiger partial charge in [0.1, 0.15) is 0 Å². The van der Waals surface area contributed by atoms with Crippen molar-refractivity contribution in [3.05, 3.63) is 129 Å². The molecule has 0 saturated heterocycles. The van der Waals surface area contributed by atoms with Crippen molar-refractivity contribution in [1.82, 2.24) is 0 Å². The average molecular weight is 670 g/mol. The summed E-state index contributed by atoms with van der Waals surface area (Å²) < 4.78 is 231. The van der Waals surface area contributed by atoms with Gasteiger partial charge < -0.3 is 0 Å². The summed E-state index contributed by atoms with van der Waals surface area (Å²) in [5, 5.41) is 0. The Labute approximate surface area is 244 Å². The minimum absolute atomic E-state index is 0.149. The third-order valence-electron chi connectivity index (χ3n) is 6.73. The maximum Gasteiger partial charge on any atom is 0.198 e. The van der Waals surface area contributed by atoms with Crippen LogP contribution in [0.5, 0.6) is 0 Å². The highest BCUT2D eigenvalue weighted by Gasteiger charge is 2.33. The molecule has 0 amide bonds. The van der Waals surface area contributed by atoms with Crippen LogP contribution >= 0.6 is 0 Å². The van der Waals surface area contributed by atoms with Crippen LogP contribution in [0.25, 0.3) is 44.5 Å². The Hall–Kier alpha value is -5.02. The molecule has 0 nitrogen and oxygen atoms in total. The third kappa shape index (κ3) is 4.82. The first-order chi connectivity index (χ1) is 21.5. The van der Waals surface area contributed by atoms with Gasteiger partial charge in [-0.25, -0.2) is 70.2 Å². The van der Waals surface area contributed by atoms with Crippen molar-refractivity contribution in [3.63, 3.8) is 0 Å². The lowest BCUT2D eigenvalue weighted by molar-refractivity contribution is 0.409. The SMILES string of the molecule is Fc1cc(-c2ccc(-c3cc(F)c(F)c(F)c3F)c(-c3cc(F)c(F)c(F)c3F)c2-c2cc(F)c(F)c(F)c2F)c(F)c(F)c1F. The molecule has 16 heteroatoms. The Kier molecular flexibility index (Phi) is 8.03. The van der Waals surface area contributed by atoms with Gasteiger partial charge in [-0.3, -0.25) is 0 Å². The molecule has 5 rings (SSSR count). The molecular formula is C30H6F16. The zero-order valence-electron chi connectivity index (χ0n) is 21.5. The quantitative estimate of drug-likeness (QED) is 0.101. The zero-order chi connectivity index (χ0) is 34.1. The summed E-state index contributed by atoms with van der Waals surface area (Å²) in [5.41, 5.74) is -12.1. The molecule has 0 unspecified atom stereocenters. The molecule has 0 N–H and O–H groups in total. The fourth-order valence-corrected chi connectivity index (χ4v) is 4.66. The average Bonchev–Trinajstić information content (AvgIpc) is 3.03. The van der Waals surface area contributed by atoms with Crippen molar-refractivity contribution < 1.29 is 70.2 Å². The molecule has 0 aliphatic carbocycles. The number of hydrogen-bond acceptors (Lipinski definition) is 0. The minimum Gasteiger partial charge on any atom is -0.204 e.